The van der Waals surface area contributed by atoms with Gasteiger partial charge in [-0.25, -0.2) is 9.79 Å². The maximum absolute atomic E-state index is 13.8. The lowest BCUT2D eigenvalue weighted by atomic mass is 9.96. The van der Waals surface area contributed by atoms with E-state index in [1.807, 2.05) is 36.4 Å². The zero-order chi connectivity index (χ0) is 27.0. The van der Waals surface area contributed by atoms with Gasteiger partial charge in [0.2, 0.25) is 0 Å². The molecule has 194 valence electrons. The number of nitrogens with zero attached hydrogens (tertiary/aromatic N) is 2. The van der Waals surface area contributed by atoms with E-state index >= 15 is 0 Å². The largest absolute Gasteiger partial charge is 0.497 e. The summed E-state index contributed by atoms with van der Waals surface area (Å²) in [6, 6.07) is 17.6. The molecule has 0 amide bonds. The van der Waals surface area contributed by atoms with Gasteiger partial charge < -0.3 is 13.9 Å². The third kappa shape index (κ3) is 4.85. The van der Waals surface area contributed by atoms with Gasteiger partial charge in [-0.3, -0.25) is 9.36 Å². The number of carbonyl (C=O) groups excluding carboxylic acids is 1. The molecule has 1 aliphatic heterocycles. The highest BCUT2D eigenvalue weighted by atomic mass is 35.5. The Bertz CT molecular complexity index is 1730. The average molecular weight is 549 g/mol. The Morgan fingerprint density at radius 2 is 1.87 bits per heavy atom. The molecular weight excluding hydrogens is 524 g/mol. The van der Waals surface area contributed by atoms with E-state index in [0.717, 1.165) is 11.1 Å². The van der Waals surface area contributed by atoms with Crippen LogP contribution in [0.3, 0.4) is 0 Å². The highest BCUT2D eigenvalue weighted by Crippen LogP contribution is 2.32. The summed E-state index contributed by atoms with van der Waals surface area (Å²) < 4.78 is 18.8. The lowest BCUT2D eigenvalue weighted by Crippen LogP contribution is -2.40. The van der Waals surface area contributed by atoms with Gasteiger partial charge in [0.05, 0.1) is 40.1 Å². The van der Waals surface area contributed by atoms with Gasteiger partial charge in [0.15, 0.2) is 4.80 Å². The molecule has 0 N–H and O–H groups in total. The van der Waals surface area contributed by atoms with Gasteiger partial charge in [-0.05, 0) is 62.7 Å². The van der Waals surface area contributed by atoms with E-state index in [1.165, 1.54) is 11.3 Å². The van der Waals surface area contributed by atoms with E-state index in [-0.39, 0.29) is 11.7 Å². The Kier molecular flexibility index (Phi) is 7.10. The second kappa shape index (κ2) is 10.5. The second-order valence-corrected chi connectivity index (χ2v) is 10.4. The van der Waals surface area contributed by atoms with Crippen molar-refractivity contribution in [3.63, 3.8) is 0 Å². The van der Waals surface area contributed by atoms with Crippen LogP contribution in [0, 0.1) is 0 Å². The molecule has 0 unspecified atom stereocenters. The molecule has 5 rings (SSSR count). The van der Waals surface area contributed by atoms with Gasteiger partial charge in [0.1, 0.15) is 17.3 Å². The number of methoxy groups -OCH3 is 1. The van der Waals surface area contributed by atoms with Crippen LogP contribution in [0.25, 0.3) is 17.4 Å². The van der Waals surface area contributed by atoms with Crippen LogP contribution in [-0.2, 0) is 9.53 Å². The standard InChI is InChI=1S/C29H25ClN2O5S/c1-16(2)36-28(34)25-17(3)31-29-32(26(25)18-9-11-19(35-4)12-10-18)27(33)24(38-29)15-20-13-14-23(37-20)21-7-5-6-8-22(21)30/h5-16,26H,1-4H3/b24-15-/t26-/m1/s1. The number of carbonyl (C=O) groups is 1. The van der Waals surface area contributed by atoms with E-state index in [2.05, 4.69) is 4.99 Å². The maximum Gasteiger partial charge on any atom is 0.338 e. The van der Waals surface area contributed by atoms with Gasteiger partial charge in [0.25, 0.3) is 5.56 Å². The number of aromatic nitrogens is 1. The number of hydrogen-bond donors (Lipinski definition) is 0. The lowest BCUT2D eigenvalue weighted by molar-refractivity contribution is -0.143. The number of thiazole rings is 1. The molecule has 0 saturated heterocycles. The maximum atomic E-state index is 13.8. The zero-order valence-corrected chi connectivity index (χ0v) is 22.8. The number of esters is 1. The average Bonchev–Trinajstić information content (AvgIpc) is 3.47. The van der Waals surface area contributed by atoms with Gasteiger partial charge in [-0.15, -0.1) is 0 Å². The van der Waals surface area contributed by atoms with Crippen LogP contribution < -0.4 is 19.6 Å². The monoisotopic (exact) mass is 548 g/mol. The number of hydrogen-bond acceptors (Lipinski definition) is 7. The van der Waals surface area contributed by atoms with Gasteiger partial charge in [-0.2, -0.15) is 0 Å². The lowest BCUT2D eigenvalue weighted by Gasteiger charge is -2.25. The molecule has 7 nitrogen and oxygen atoms in total. The van der Waals surface area contributed by atoms with Crippen molar-refractivity contribution in [2.24, 2.45) is 4.99 Å². The molecule has 1 aliphatic rings. The van der Waals surface area contributed by atoms with Crippen molar-refractivity contribution in [3.05, 3.63) is 108 Å². The van der Waals surface area contributed by atoms with Crippen molar-refractivity contribution in [2.75, 3.05) is 7.11 Å². The second-order valence-electron chi connectivity index (χ2n) is 8.99. The SMILES string of the molecule is COc1ccc([C@@H]2C(C(=O)OC(C)C)=C(C)N=c3s/c(=C\c4ccc(-c5ccccc5Cl)o4)c(=O)n32)cc1. The first-order valence-electron chi connectivity index (χ1n) is 12.0. The fraction of sp³-hybridized carbons (Fsp3) is 0.207. The Labute approximate surface area is 227 Å². The topological polar surface area (TPSA) is 83.0 Å². The summed E-state index contributed by atoms with van der Waals surface area (Å²) in [6.07, 6.45) is 1.36. The van der Waals surface area contributed by atoms with Crippen LogP contribution in [0.15, 0.2) is 86.1 Å². The van der Waals surface area contributed by atoms with Crippen LogP contribution in [0.1, 0.15) is 38.1 Å². The molecule has 0 fully saturated rings. The molecule has 1 atom stereocenters. The van der Waals surface area contributed by atoms with Crippen molar-refractivity contribution in [3.8, 4) is 17.1 Å². The number of halogens is 1. The summed E-state index contributed by atoms with van der Waals surface area (Å²) >= 11 is 7.55. The Morgan fingerprint density at radius 1 is 1.13 bits per heavy atom. The number of furan rings is 1. The van der Waals surface area contributed by atoms with E-state index < -0.39 is 12.0 Å². The fourth-order valence-electron chi connectivity index (χ4n) is 4.33. The van der Waals surface area contributed by atoms with Crippen LogP contribution in [0.5, 0.6) is 5.75 Å². The minimum atomic E-state index is -0.708. The molecule has 2 aromatic heterocycles. The van der Waals surface area contributed by atoms with Crippen LogP contribution in [0.4, 0.5) is 0 Å². The summed E-state index contributed by atoms with van der Waals surface area (Å²) in [4.78, 5) is 32.1. The summed E-state index contributed by atoms with van der Waals surface area (Å²) in [5.74, 6) is 1.26. The molecule has 2 aromatic carbocycles. The highest BCUT2D eigenvalue weighted by molar-refractivity contribution is 7.07. The Balaban J connectivity index is 1.64. The quantitative estimate of drug-likeness (QED) is 0.313. The van der Waals surface area contributed by atoms with Crippen LogP contribution in [0.2, 0.25) is 5.02 Å². The predicted octanol–water partition coefficient (Wildman–Crippen LogP) is 5.11. The molecule has 0 aliphatic carbocycles. The van der Waals surface area contributed by atoms with Gasteiger partial charge >= 0.3 is 5.97 Å². The van der Waals surface area contributed by atoms with Crippen LogP contribution in [-0.4, -0.2) is 23.8 Å². The molecule has 38 heavy (non-hydrogen) atoms. The first-order valence-corrected chi connectivity index (χ1v) is 13.2. The van der Waals surface area contributed by atoms with Crippen molar-refractivity contribution < 1.29 is 18.7 Å². The molecule has 0 bridgehead atoms. The molecular formula is C29H25ClN2O5S. The third-order valence-corrected chi connectivity index (χ3v) is 7.37. The molecule has 9 heteroatoms. The normalized spacial score (nSPS) is 15.4. The minimum Gasteiger partial charge on any atom is -0.497 e. The van der Waals surface area contributed by atoms with Gasteiger partial charge in [0, 0.05) is 11.6 Å². The minimum absolute atomic E-state index is 0.285. The van der Waals surface area contributed by atoms with Crippen molar-refractivity contribution >= 4 is 35.0 Å². The number of allylic oxidation sites excluding steroid dienone is 1. The van der Waals surface area contributed by atoms with Crippen molar-refractivity contribution in [2.45, 2.75) is 32.9 Å². The number of fused-ring (bicyclic) bond motifs is 1. The fourth-order valence-corrected chi connectivity index (χ4v) is 5.58. The third-order valence-electron chi connectivity index (χ3n) is 6.06. The summed E-state index contributed by atoms with van der Waals surface area (Å²) in [7, 11) is 1.58. The first kappa shape index (κ1) is 25.8. The van der Waals surface area contributed by atoms with Crippen LogP contribution >= 0.6 is 22.9 Å². The van der Waals surface area contributed by atoms with E-state index in [4.69, 9.17) is 25.5 Å². The van der Waals surface area contributed by atoms with Crippen molar-refractivity contribution in [1.29, 1.82) is 0 Å². The number of benzene rings is 2. The molecule has 4 aromatic rings. The number of rotatable bonds is 6. The molecule has 0 saturated carbocycles. The van der Waals surface area contributed by atoms with E-state index in [0.29, 0.717) is 42.9 Å². The summed E-state index contributed by atoms with van der Waals surface area (Å²) in [6.45, 7) is 5.32. The first-order chi connectivity index (χ1) is 18.3. The molecule has 0 spiro atoms. The zero-order valence-electron chi connectivity index (χ0n) is 21.2. The van der Waals surface area contributed by atoms with E-state index in [1.54, 1.807) is 62.8 Å². The molecule has 0 radical (unpaired) electrons. The number of ether oxygens (including phenoxy) is 2. The predicted molar refractivity (Wildman–Crippen MR) is 147 cm³/mol. The Morgan fingerprint density at radius 3 is 2.55 bits per heavy atom. The summed E-state index contributed by atoms with van der Waals surface area (Å²) in [5, 5.41) is 0.573. The van der Waals surface area contributed by atoms with Gasteiger partial charge in [-0.1, -0.05) is 47.2 Å². The molecule has 3 heterocycles. The van der Waals surface area contributed by atoms with E-state index in [9.17, 15) is 9.59 Å². The highest BCUT2D eigenvalue weighted by Gasteiger charge is 2.33. The van der Waals surface area contributed by atoms with Crippen molar-refractivity contribution in [1.82, 2.24) is 4.57 Å². The smallest absolute Gasteiger partial charge is 0.338 e. The summed E-state index contributed by atoms with van der Waals surface area (Å²) in [5.41, 5.74) is 2.04. The Hall–Kier alpha value is -3.88.